The van der Waals surface area contributed by atoms with Crippen molar-refractivity contribution in [1.29, 1.82) is 0 Å². The summed E-state index contributed by atoms with van der Waals surface area (Å²) in [5.74, 6) is 1.48. The van der Waals surface area contributed by atoms with Crippen LogP contribution in [0.3, 0.4) is 0 Å². The number of hydrogen-bond donors (Lipinski definition) is 1. The number of fused-ring (bicyclic) bond motifs is 2. The Hall–Kier alpha value is -2.54. The summed E-state index contributed by atoms with van der Waals surface area (Å²) in [4.78, 5) is 27.6. The number of ether oxygens (including phenoxy) is 2. The average molecular weight is 471 g/mol. The molecule has 0 bridgehead atoms. The second kappa shape index (κ2) is 7.95. The third kappa shape index (κ3) is 3.55. The Bertz CT molecular complexity index is 1000. The summed E-state index contributed by atoms with van der Waals surface area (Å²) >= 11 is 3.56. The number of nitrogens with one attached hydrogen (secondary N) is 1. The number of nitrogens with zero attached hydrogens (tertiary/aromatic N) is 1. The maximum Gasteiger partial charge on any atom is 0.254 e. The van der Waals surface area contributed by atoms with E-state index in [2.05, 4.69) is 21.2 Å². The molecule has 2 amide bonds. The first kappa shape index (κ1) is 19.4. The van der Waals surface area contributed by atoms with Gasteiger partial charge in [0, 0.05) is 40.3 Å². The molecule has 0 aromatic heterocycles. The van der Waals surface area contributed by atoms with Gasteiger partial charge in [-0.15, -0.1) is 0 Å². The second-order valence-electron chi connectivity index (χ2n) is 8.05. The number of halogens is 1. The van der Waals surface area contributed by atoms with E-state index in [1.807, 2.05) is 41.3 Å². The smallest absolute Gasteiger partial charge is 0.254 e. The zero-order chi connectivity index (χ0) is 20.7. The highest BCUT2D eigenvalue weighted by molar-refractivity contribution is 9.10. The maximum atomic E-state index is 12.8. The Morgan fingerprint density at radius 1 is 1.03 bits per heavy atom. The molecule has 0 radical (unpaired) electrons. The third-order valence-electron chi connectivity index (χ3n) is 6.26. The number of benzene rings is 2. The monoisotopic (exact) mass is 470 g/mol. The van der Waals surface area contributed by atoms with E-state index in [9.17, 15) is 9.59 Å². The van der Waals surface area contributed by atoms with E-state index < -0.39 is 0 Å². The Balaban J connectivity index is 1.19. The number of carbonyl (C=O) groups is 2. The van der Waals surface area contributed by atoms with Gasteiger partial charge < -0.3 is 19.7 Å². The van der Waals surface area contributed by atoms with Crippen LogP contribution in [0, 0.1) is 5.92 Å². The van der Waals surface area contributed by atoms with Gasteiger partial charge in [-0.05, 0) is 55.5 Å². The second-order valence-corrected chi connectivity index (χ2v) is 8.91. The van der Waals surface area contributed by atoms with Crippen LogP contribution in [0.25, 0.3) is 0 Å². The number of rotatable bonds is 3. The maximum absolute atomic E-state index is 12.8. The minimum atomic E-state index is -0.0405. The molecule has 2 aliphatic heterocycles. The molecule has 0 spiro atoms. The molecule has 1 saturated carbocycles. The van der Waals surface area contributed by atoms with Gasteiger partial charge in [0.2, 0.25) is 5.91 Å². The van der Waals surface area contributed by atoms with Crippen molar-refractivity contribution in [3.05, 3.63) is 52.0 Å². The predicted molar refractivity (Wildman–Crippen MR) is 116 cm³/mol. The first-order chi connectivity index (χ1) is 14.6. The number of carbonyl (C=O) groups excluding carboxylic acids is 2. The topological polar surface area (TPSA) is 67.9 Å². The lowest BCUT2D eigenvalue weighted by molar-refractivity contribution is -0.121. The molecule has 1 N–H and O–H groups in total. The number of hydrogen-bond acceptors (Lipinski definition) is 4. The van der Waals surface area contributed by atoms with Gasteiger partial charge in [0.15, 0.2) is 11.5 Å². The summed E-state index contributed by atoms with van der Waals surface area (Å²) in [7, 11) is 0. The molecule has 0 unspecified atom stereocenters. The summed E-state index contributed by atoms with van der Waals surface area (Å²) in [5.41, 5.74) is 2.59. The minimum Gasteiger partial charge on any atom is -0.486 e. The van der Waals surface area contributed by atoms with Crippen LogP contribution in [-0.2, 0) is 11.3 Å². The van der Waals surface area contributed by atoms with Gasteiger partial charge in [-0.1, -0.05) is 22.0 Å². The van der Waals surface area contributed by atoms with Crippen LogP contribution in [0.4, 0.5) is 5.69 Å². The highest BCUT2D eigenvalue weighted by Gasteiger charge is 2.36. The first-order valence-corrected chi connectivity index (χ1v) is 11.2. The molecule has 1 aliphatic carbocycles. The molecule has 2 aromatic carbocycles. The molecule has 156 valence electrons. The molecule has 2 heterocycles. The fourth-order valence-electron chi connectivity index (χ4n) is 4.63. The Morgan fingerprint density at radius 3 is 2.57 bits per heavy atom. The van der Waals surface area contributed by atoms with Crippen LogP contribution in [-0.4, -0.2) is 36.0 Å². The summed E-state index contributed by atoms with van der Waals surface area (Å²) in [6.07, 6.45) is 3.25. The lowest BCUT2D eigenvalue weighted by Gasteiger charge is -2.34. The van der Waals surface area contributed by atoms with Crippen molar-refractivity contribution in [3.63, 3.8) is 0 Å². The largest absolute Gasteiger partial charge is 0.486 e. The van der Waals surface area contributed by atoms with Crippen molar-refractivity contribution < 1.29 is 19.1 Å². The van der Waals surface area contributed by atoms with E-state index in [4.69, 9.17) is 9.47 Å². The zero-order valence-electron chi connectivity index (χ0n) is 16.5. The van der Waals surface area contributed by atoms with Crippen molar-refractivity contribution in [2.75, 3.05) is 18.5 Å². The van der Waals surface area contributed by atoms with Crippen molar-refractivity contribution in [2.45, 2.75) is 38.3 Å². The van der Waals surface area contributed by atoms with E-state index in [1.54, 1.807) is 0 Å². The lowest BCUT2D eigenvalue weighted by Crippen LogP contribution is -2.40. The van der Waals surface area contributed by atoms with Crippen LogP contribution in [0.1, 0.15) is 41.6 Å². The fourth-order valence-corrected chi connectivity index (χ4v) is 5.12. The van der Waals surface area contributed by atoms with E-state index in [1.165, 1.54) is 0 Å². The quantitative estimate of drug-likeness (QED) is 0.722. The predicted octanol–water partition coefficient (Wildman–Crippen LogP) is 4.37. The highest BCUT2D eigenvalue weighted by atomic mass is 79.9. The molecule has 0 saturated heterocycles. The standard InChI is InChI=1S/C23H23BrN2O4/c24-19-3-1-2-17-18(19)13-26(23(17)28)16-7-4-14(5-8-16)22(27)25-15-6-9-20-21(12-15)30-11-10-29-20/h1-3,6,9,12,14,16H,4-5,7-8,10-11,13H2,(H,25,27). The molecule has 7 heteroatoms. The number of amides is 2. The van der Waals surface area contributed by atoms with Crippen LogP contribution in [0.15, 0.2) is 40.9 Å². The molecule has 5 rings (SSSR count). The summed E-state index contributed by atoms with van der Waals surface area (Å²) < 4.78 is 12.1. The van der Waals surface area contributed by atoms with E-state index in [0.717, 1.165) is 47.0 Å². The van der Waals surface area contributed by atoms with E-state index >= 15 is 0 Å². The van der Waals surface area contributed by atoms with Gasteiger partial charge >= 0.3 is 0 Å². The van der Waals surface area contributed by atoms with Crippen molar-refractivity contribution in [2.24, 2.45) is 5.92 Å². The van der Waals surface area contributed by atoms with E-state index in [-0.39, 0.29) is 23.8 Å². The molecule has 0 atom stereocenters. The van der Waals surface area contributed by atoms with Crippen LogP contribution >= 0.6 is 15.9 Å². The molecular weight excluding hydrogens is 448 g/mol. The van der Waals surface area contributed by atoms with Gasteiger partial charge in [-0.3, -0.25) is 9.59 Å². The first-order valence-electron chi connectivity index (χ1n) is 10.4. The average Bonchev–Trinajstić information content (AvgIpc) is 3.12. The molecule has 2 aromatic rings. The normalized spacial score (nSPS) is 22.6. The summed E-state index contributed by atoms with van der Waals surface area (Å²) in [6.45, 7) is 1.71. The van der Waals surface area contributed by atoms with Crippen molar-refractivity contribution in [1.82, 2.24) is 4.90 Å². The summed E-state index contributed by atoms with van der Waals surface area (Å²) in [5, 5.41) is 3.02. The summed E-state index contributed by atoms with van der Waals surface area (Å²) in [6, 6.07) is 11.5. The zero-order valence-corrected chi connectivity index (χ0v) is 18.1. The number of anilines is 1. The molecule has 6 nitrogen and oxygen atoms in total. The highest BCUT2D eigenvalue weighted by Crippen LogP contribution is 2.37. The van der Waals surface area contributed by atoms with Crippen molar-refractivity contribution in [3.8, 4) is 11.5 Å². The van der Waals surface area contributed by atoms with Gasteiger partial charge in [0.1, 0.15) is 13.2 Å². The molecule has 3 aliphatic rings. The SMILES string of the molecule is O=C(Nc1ccc2c(c1)OCCO2)C1CCC(N2Cc3c(Br)cccc3C2=O)CC1. The van der Waals surface area contributed by atoms with Crippen LogP contribution < -0.4 is 14.8 Å². The van der Waals surface area contributed by atoms with Crippen LogP contribution in [0.5, 0.6) is 11.5 Å². The van der Waals surface area contributed by atoms with Crippen molar-refractivity contribution >= 4 is 33.4 Å². The van der Waals surface area contributed by atoms with E-state index in [0.29, 0.717) is 31.3 Å². The molecule has 30 heavy (non-hydrogen) atoms. The lowest BCUT2D eigenvalue weighted by atomic mass is 9.84. The van der Waals surface area contributed by atoms with Gasteiger partial charge in [0.25, 0.3) is 5.91 Å². The Labute approximate surface area is 183 Å². The third-order valence-corrected chi connectivity index (χ3v) is 7.00. The van der Waals surface area contributed by atoms with Gasteiger partial charge in [-0.25, -0.2) is 0 Å². The minimum absolute atomic E-state index is 0.0314. The van der Waals surface area contributed by atoms with Gasteiger partial charge in [0.05, 0.1) is 0 Å². The molecular formula is C23H23BrN2O4. The van der Waals surface area contributed by atoms with Gasteiger partial charge in [-0.2, -0.15) is 0 Å². The van der Waals surface area contributed by atoms with Crippen LogP contribution in [0.2, 0.25) is 0 Å². The molecule has 1 fully saturated rings. The Morgan fingerprint density at radius 2 is 1.80 bits per heavy atom. The fraction of sp³-hybridized carbons (Fsp3) is 0.391. The Kier molecular flexibility index (Phi) is 5.15.